The molecule has 7 heteroatoms. The Morgan fingerprint density at radius 2 is 2.15 bits per heavy atom. The van der Waals surface area contributed by atoms with Crippen molar-refractivity contribution in [2.24, 2.45) is 0 Å². The van der Waals surface area contributed by atoms with Gasteiger partial charge in [-0.3, -0.25) is 0 Å². The molecule has 0 radical (unpaired) electrons. The van der Waals surface area contributed by atoms with Gasteiger partial charge in [0.25, 0.3) is 4.96 Å². The van der Waals surface area contributed by atoms with Crippen LogP contribution >= 0.6 is 27.3 Å². The average Bonchev–Trinajstić information content (AvgIpc) is 2.99. The summed E-state index contributed by atoms with van der Waals surface area (Å²) in [5, 5.41) is 13.0. The highest BCUT2D eigenvalue weighted by Crippen LogP contribution is 2.31. The Labute approximate surface area is 127 Å². The SMILES string of the molecule is O=[N+]([O-])c1c(CC(Br)c2ccccc2)nc2sccn12. The lowest BCUT2D eigenvalue weighted by Crippen LogP contribution is -2.01. The van der Waals surface area contributed by atoms with Gasteiger partial charge in [-0.05, 0) is 10.5 Å². The number of nitro groups is 1. The van der Waals surface area contributed by atoms with Crippen molar-refractivity contribution in [3.63, 3.8) is 0 Å². The molecule has 0 saturated heterocycles. The van der Waals surface area contributed by atoms with Gasteiger partial charge in [-0.1, -0.05) is 57.6 Å². The number of alkyl halides is 1. The number of halogens is 1. The first kappa shape index (κ1) is 13.3. The molecule has 0 spiro atoms. The third-order valence-corrected chi connectivity index (χ3v) is 4.62. The van der Waals surface area contributed by atoms with Crippen molar-refractivity contribution in [1.82, 2.24) is 9.38 Å². The summed E-state index contributed by atoms with van der Waals surface area (Å²) >= 11 is 4.98. The summed E-state index contributed by atoms with van der Waals surface area (Å²) < 4.78 is 1.53. The molecule has 1 aromatic carbocycles. The van der Waals surface area contributed by atoms with Crippen molar-refractivity contribution in [1.29, 1.82) is 0 Å². The van der Waals surface area contributed by atoms with Gasteiger partial charge in [0.15, 0.2) is 0 Å². The average molecular weight is 352 g/mol. The van der Waals surface area contributed by atoms with Crippen molar-refractivity contribution >= 4 is 38.0 Å². The molecule has 0 fully saturated rings. The first-order valence-corrected chi connectivity index (χ1v) is 7.74. The molecule has 0 saturated carbocycles. The molecular formula is C13H10BrN3O2S. The van der Waals surface area contributed by atoms with Crippen LogP contribution < -0.4 is 0 Å². The minimum atomic E-state index is -0.368. The normalized spacial score (nSPS) is 12.7. The molecular weight excluding hydrogens is 342 g/mol. The van der Waals surface area contributed by atoms with Gasteiger partial charge in [-0.25, -0.2) is 0 Å². The quantitative estimate of drug-likeness (QED) is 0.405. The summed E-state index contributed by atoms with van der Waals surface area (Å²) in [5.41, 5.74) is 1.59. The first-order valence-electron chi connectivity index (χ1n) is 5.94. The van der Waals surface area contributed by atoms with Gasteiger partial charge in [0.05, 0.1) is 0 Å². The number of thiazole rings is 1. The fraction of sp³-hybridized carbons (Fsp3) is 0.154. The van der Waals surface area contributed by atoms with Crippen LogP contribution in [-0.2, 0) is 6.42 Å². The van der Waals surface area contributed by atoms with Crippen LogP contribution in [0.5, 0.6) is 0 Å². The summed E-state index contributed by atoms with van der Waals surface area (Å²) in [6.45, 7) is 0. The maximum atomic E-state index is 11.2. The standard InChI is InChI=1S/C13H10BrN3O2S/c14-10(9-4-2-1-3-5-9)8-11-12(17(18)19)16-6-7-20-13(16)15-11/h1-7,10H,8H2. The first-order chi connectivity index (χ1) is 9.66. The summed E-state index contributed by atoms with van der Waals surface area (Å²) in [4.78, 5) is 15.9. The fourth-order valence-corrected chi connectivity index (χ4v) is 3.44. The molecule has 0 N–H and O–H groups in total. The monoisotopic (exact) mass is 351 g/mol. The number of hydrogen-bond acceptors (Lipinski definition) is 4. The maximum Gasteiger partial charge on any atom is 0.351 e. The van der Waals surface area contributed by atoms with Gasteiger partial charge in [-0.2, -0.15) is 9.38 Å². The van der Waals surface area contributed by atoms with E-state index in [-0.39, 0.29) is 15.6 Å². The van der Waals surface area contributed by atoms with Gasteiger partial charge in [0.2, 0.25) is 0 Å². The zero-order chi connectivity index (χ0) is 14.1. The van der Waals surface area contributed by atoms with Crippen molar-refractivity contribution in [3.05, 3.63) is 63.3 Å². The van der Waals surface area contributed by atoms with E-state index in [0.29, 0.717) is 17.1 Å². The maximum absolute atomic E-state index is 11.2. The molecule has 1 atom stereocenters. The lowest BCUT2D eigenvalue weighted by molar-refractivity contribution is -0.391. The predicted octanol–water partition coefficient (Wildman–Crippen LogP) is 3.98. The van der Waals surface area contributed by atoms with E-state index < -0.39 is 0 Å². The van der Waals surface area contributed by atoms with Crippen LogP contribution in [0, 0.1) is 10.1 Å². The van der Waals surface area contributed by atoms with Crippen LogP contribution in [0.1, 0.15) is 16.1 Å². The molecule has 3 aromatic rings. The topological polar surface area (TPSA) is 60.4 Å². The van der Waals surface area contributed by atoms with E-state index in [9.17, 15) is 10.1 Å². The van der Waals surface area contributed by atoms with E-state index >= 15 is 0 Å². The van der Waals surface area contributed by atoms with Gasteiger partial charge < -0.3 is 10.1 Å². The van der Waals surface area contributed by atoms with Crippen molar-refractivity contribution in [2.75, 3.05) is 0 Å². The fourth-order valence-electron chi connectivity index (χ4n) is 2.10. The summed E-state index contributed by atoms with van der Waals surface area (Å²) in [6, 6.07) is 9.82. The van der Waals surface area contributed by atoms with Crippen LogP contribution in [0.25, 0.3) is 4.96 Å². The molecule has 0 bridgehead atoms. The second kappa shape index (κ2) is 5.34. The van der Waals surface area contributed by atoms with Gasteiger partial charge in [0.1, 0.15) is 11.9 Å². The molecule has 1 unspecified atom stereocenters. The Balaban J connectivity index is 1.96. The number of fused-ring (bicyclic) bond motifs is 1. The van der Waals surface area contributed by atoms with Crippen LogP contribution in [0.2, 0.25) is 0 Å². The van der Waals surface area contributed by atoms with Gasteiger partial charge >= 0.3 is 5.82 Å². The lowest BCUT2D eigenvalue weighted by atomic mass is 10.1. The third kappa shape index (κ3) is 2.34. The van der Waals surface area contributed by atoms with E-state index in [4.69, 9.17) is 0 Å². The molecule has 0 aliphatic heterocycles. The van der Waals surface area contributed by atoms with Crippen molar-refractivity contribution in [2.45, 2.75) is 11.2 Å². The molecule has 2 aromatic heterocycles. The van der Waals surface area contributed by atoms with Crippen LogP contribution in [0.15, 0.2) is 41.9 Å². The zero-order valence-electron chi connectivity index (χ0n) is 10.3. The van der Waals surface area contributed by atoms with E-state index in [0.717, 1.165) is 5.56 Å². The Morgan fingerprint density at radius 1 is 1.40 bits per heavy atom. The number of aromatic nitrogens is 2. The van der Waals surface area contributed by atoms with E-state index in [1.807, 2.05) is 30.3 Å². The molecule has 5 nitrogen and oxygen atoms in total. The Morgan fingerprint density at radius 3 is 2.85 bits per heavy atom. The van der Waals surface area contributed by atoms with E-state index in [1.165, 1.54) is 15.7 Å². The highest BCUT2D eigenvalue weighted by atomic mass is 79.9. The van der Waals surface area contributed by atoms with E-state index in [1.54, 1.807) is 11.6 Å². The molecule has 102 valence electrons. The van der Waals surface area contributed by atoms with Gasteiger partial charge in [-0.15, -0.1) is 0 Å². The number of rotatable bonds is 4. The molecule has 2 heterocycles. The smallest absolute Gasteiger partial charge is 0.351 e. The highest BCUT2D eigenvalue weighted by molar-refractivity contribution is 9.09. The van der Waals surface area contributed by atoms with E-state index in [2.05, 4.69) is 20.9 Å². The van der Waals surface area contributed by atoms with Crippen molar-refractivity contribution in [3.8, 4) is 0 Å². The number of nitrogens with zero attached hydrogens (tertiary/aromatic N) is 3. The largest absolute Gasteiger partial charge is 0.358 e. The third-order valence-electron chi connectivity index (χ3n) is 3.01. The summed E-state index contributed by atoms with van der Waals surface area (Å²) in [5.74, 6) is 0.0571. The summed E-state index contributed by atoms with van der Waals surface area (Å²) in [7, 11) is 0. The summed E-state index contributed by atoms with van der Waals surface area (Å²) in [6.07, 6.45) is 2.16. The van der Waals surface area contributed by atoms with Gasteiger partial charge in [0, 0.05) is 16.6 Å². The lowest BCUT2D eigenvalue weighted by Gasteiger charge is -2.08. The number of imidazole rings is 1. The second-order valence-electron chi connectivity index (χ2n) is 4.28. The van der Waals surface area contributed by atoms with Crippen LogP contribution in [0.4, 0.5) is 5.82 Å². The zero-order valence-corrected chi connectivity index (χ0v) is 12.7. The Hall–Kier alpha value is -1.73. The molecule has 3 rings (SSSR count). The molecule has 0 aliphatic rings. The predicted molar refractivity (Wildman–Crippen MR) is 81.5 cm³/mol. The highest BCUT2D eigenvalue weighted by Gasteiger charge is 2.25. The van der Waals surface area contributed by atoms with Crippen molar-refractivity contribution < 1.29 is 4.92 Å². The molecule has 0 amide bonds. The number of hydrogen-bond donors (Lipinski definition) is 0. The molecule has 20 heavy (non-hydrogen) atoms. The molecule has 0 aliphatic carbocycles. The number of benzene rings is 1. The minimum Gasteiger partial charge on any atom is -0.358 e. The minimum absolute atomic E-state index is 0.00649. The van der Waals surface area contributed by atoms with Crippen LogP contribution in [-0.4, -0.2) is 14.3 Å². The Kier molecular flexibility index (Phi) is 3.54. The van der Waals surface area contributed by atoms with Crippen LogP contribution in [0.3, 0.4) is 0 Å². The Bertz CT molecular complexity index is 753. The second-order valence-corrected chi connectivity index (χ2v) is 6.26.